The zero-order valence-corrected chi connectivity index (χ0v) is 24.2. The van der Waals surface area contributed by atoms with Gasteiger partial charge in [-0.1, -0.05) is 78.5 Å². The smallest absolute Gasteiger partial charge is 0.254 e. The van der Waals surface area contributed by atoms with Crippen molar-refractivity contribution in [2.45, 2.75) is 18.1 Å². The molecule has 1 atom stereocenters. The van der Waals surface area contributed by atoms with E-state index in [1.807, 2.05) is 112 Å². The fourth-order valence-corrected chi connectivity index (χ4v) is 6.60. The van der Waals surface area contributed by atoms with Crippen molar-refractivity contribution < 1.29 is 9.59 Å². The van der Waals surface area contributed by atoms with Crippen LogP contribution in [0.1, 0.15) is 17.3 Å². The monoisotopic (exact) mass is 579 g/mol. The summed E-state index contributed by atoms with van der Waals surface area (Å²) in [5, 5.41) is 11.6. The third-order valence-electron chi connectivity index (χ3n) is 7.19. The first-order valence-corrected chi connectivity index (χ1v) is 15.4. The lowest BCUT2D eigenvalue weighted by Crippen LogP contribution is -2.55. The number of para-hydroxylation sites is 1. The van der Waals surface area contributed by atoms with Gasteiger partial charge in [-0.25, -0.2) is 0 Å². The molecule has 7 nitrogen and oxygen atoms in total. The first-order chi connectivity index (χ1) is 20.1. The van der Waals surface area contributed by atoms with E-state index in [0.29, 0.717) is 30.4 Å². The Morgan fingerprint density at radius 1 is 0.854 bits per heavy atom. The predicted octanol–water partition coefficient (Wildman–Crippen LogP) is 6.13. The highest BCUT2D eigenvalue weighted by atomic mass is 32.2. The van der Waals surface area contributed by atoms with E-state index in [1.54, 1.807) is 11.3 Å². The van der Waals surface area contributed by atoms with E-state index >= 15 is 0 Å². The minimum absolute atomic E-state index is 0.00402. The van der Waals surface area contributed by atoms with Crippen molar-refractivity contribution in [3.63, 3.8) is 0 Å². The Balaban J connectivity index is 1.09. The molecular formula is C32H29N5O2S2. The molecule has 41 heavy (non-hydrogen) atoms. The highest BCUT2D eigenvalue weighted by Crippen LogP contribution is 2.30. The van der Waals surface area contributed by atoms with E-state index in [4.69, 9.17) is 0 Å². The Labute approximate surface area is 247 Å². The lowest BCUT2D eigenvalue weighted by molar-refractivity contribution is -0.130. The number of benzene rings is 3. The molecular weight excluding hydrogens is 551 g/mol. The van der Waals surface area contributed by atoms with Crippen molar-refractivity contribution in [1.82, 2.24) is 24.6 Å². The molecule has 0 saturated carbocycles. The minimum Gasteiger partial charge on any atom is -0.338 e. The molecule has 0 bridgehead atoms. The van der Waals surface area contributed by atoms with Crippen molar-refractivity contribution in [2.75, 3.05) is 25.4 Å². The summed E-state index contributed by atoms with van der Waals surface area (Å²) >= 11 is 2.99. The maximum atomic E-state index is 13.3. The fraction of sp³-hybridized carbons (Fsp3) is 0.188. The number of carbonyl (C=O) groups excluding carboxylic acids is 2. The van der Waals surface area contributed by atoms with E-state index < -0.39 is 0 Å². The molecule has 3 aromatic carbocycles. The van der Waals surface area contributed by atoms with Crippen LogP contribution >= 0.6 is 23.1 Å². The number of amides is 2. The molecule has 3 heterocycles. The molecule has 2 amide bonds. The lowest BCUT2D eigenvalue weighted by atomic mass is 10.0. The molecule has 0 spiro atoms. The van der Waals surface area contributed by atoms with E-state index in [-0.39, 0.29) is 23.6 Å². The molecule has 2 aromatic heterocycles. The van der Waals surface area contributed by atoms with Gasteiger partial charge in [0.05, 0.1) is 10.6 Å². The van der Waals surface area contributed by atoms with Gasteiger partial charge in [0.15, 0.2) is 11.0 Å². The lowest BCUT2D eigenvalue weighted by Gasteiger charge is -2.40. The summed E-state index contributed by atoms with van der Waals surface area (Å²) in [5.74, 6) is 1.03. The van der Waals surface area contributed by atoms with Gasteiger partial charge in [-0.2, -0.15) is 0 Å². The zero-order valence-electron chi connectivity index (χ0n) is 22.6. The number of thioether (sulfide) groups is 1. The van der Waals surface area contributed by atoms with Crippen LogP contribution in [0.5, 0.6) is 0 Å². The molecule has 0 N–H and O–H groups in total. The number of rotatable bonds is 7. The molecule has 0 aliphatic carbocycles. The van der Waals surface area contributed by atoms with Crippen molar-refractivity contribution in [3.05, 3.63) is 108 Å². The van der Waals surface area contributed by atoms with Crippen molar-refractivity contribution in [2.24, 2.45) is 0 Å². The van der Waals surface area contributed by atoms with Crippen LogP contribution in [0.3, 0.4) is 0 Å². The van der Waals surface area contributed by atoms with Crippen molar-refractivity contribution in [3.8, 4) is 27.5 Å². The summed E-state index contributed by atoms with van der Waals surface area (Å²) < 4.78 is 2.01. The second-order valence-electron chi connectivity index (χ2n) is 9.87. The van der Waals surface area contributed by atoms with E-state index in [2.05, 4.69) is 22.3 Å². The standard InChI is InChI=1S/C32H29N5O2S2/c1-23-21-35(18-19-36(23)31(39)26-16-14-25(15-17-26)24-9-4-2-5-10-24)29(38)22-41-32-34-33-30(28-13-8-20-40-28)37(32)27-11-6-3-7-12-27/h2-17,20,23H,18-19,21-22H2,1H3. The highest BCUT2D eigenvalue weighted by molar-refractivity contribution is 7.99. The molecule has 0 radical (unpaired) electrons. The second kappa shape index (κ2) is 12.1. The van der Waals surface area contributed by atoms with Gasteiger partial charge in [-0.15, -0.1) is 21.5 Å². The molecule has 6 rings (SSSR count). The van der Waals surface area contributed by atoms with E-state index in [9.17, 15) is 9.59 Å². The van der Waals surface area contributed by atoms with Gasteiger partial charge in [-0.05, 0) is 53.8 Å². The molecule has 1 aliphatic heterocycles. The Bertz CT molecular complexity index is 1620. The molecule has 9 heteroatoms. The van der Waals surface area contributed by atoms with Crippen LogP contribution in [-0.4, -0.2) is 67.8 Å². The first kappa shape index (κ1) is 27.0. The molecule has 206 valence electrons. The summed E-state index contributed by atoms with van der Waals surface area (Å²) in [7, 11) is 0. The van der Waals surface area contributed by atoms with Crippen LogP contribution in [0.25, 0.3) is 27.5 Å². The fourth-order valence-electron chi connectivity index (χ4n) is 5.04. The number of thiophene rings is 1. The van der Waals surface area contributed by atoms with Crippen LogP contribution in [-0.2, 0) is 4.79 Å². The normalized spacial score (nSPS) is 15.2. The third-order valence-corrected chi connectivity index (χ3v) is 8.97. The van der Waals surface area contributed by atoms with Gasteiger partial charge >= 0.3 is 0 Å². The number of hydrogen-bond donors (Lipinski definition) is 0. The molecule has 1 aliphatic rings. The molecule has 1 fully saturated rings. The average Bonchev–Trinajstić information content (AvgIpc) is 3.71. The Kier molecular flexibility index (Phi) is 7.98. The van der Waals surface area contributed by atoms with Crippen molar-refractivity contribution >= 4 is 34.9 Å². The van der Waals surface area contributed by atoms with Gasteiger partial charge in [0.2, 0.25) is 5.91 Å². The van der Waals surface area contributed by atoms with Crippen LogP contribution in [0, 0.1) is 0 Å². The minimum atomic E-state index is -0.0857. The Hall–Kier alpha value is -4.21. The number of aromatic nitrogens is 3. The summed E-state index contributed by atoms with van der Waals surface area (Å²) in [6.45, 7) is 3.50. The second-order valence-corrected chi connectivity index (χ2v) is 11.8. The van der Waals surface area contributed by atoms with E-state index in [1.165, 1.54) is 11.8 Å². The first-order valence-electron chi connectivity index (χ1n) is 13.5. The predicted molar refractivity (Wildman–Crippen MR) is 164 cm³/mol. The topological polar surface area (TPSA) is 71.3 Å². The van der Waals surface area contributed by atoms with Gasteiger partial charge in [0.25, 0.3) is 5.91 Å². The van der Waals surface area contributed by atoms with Gasteiger partial charge in [-0.3, -0.25) is 14.2 Å². The van der Waals surface area contributed by atoms with Gasteiger partial charge in [0, 0.05) is 36.9 Å². The number of carbonyl (C=O) groups is 2. The quantitative estimate of drug-likeness (QED) is 0.217. The number of hydrogen-bond acceptors (Lipinski definition) is 6. The van der Waals surface area contributed by atoms with E-state index in [0.717, 1.165) is 27.5 Å². The Morgan fingerprint density at radius 3 is 2.24 bits per heavy atom. The number of piperazine rings is 1. The van der Waals surface area contributed by atoms with Gasteiger partial charge < -0.3 is 9.80 Å². The largest absolute Gasteiger partial charge is 0.338 e. The average molecular weight is 580 g/mol. The molecule has 1 unspecified atom stereocenters. The zero-order chi connectivity index (χ0) is 28.2. The van der Waals surface area contributed by atoms with Crippen LogP contribution < -0.4 is 0 Å². The summed E-state index contributed by atoms with van der Waals surface area (Å²) in [4.78, 5) is 31.3. The highest BCUT2D eigenvalue weighted by Gasteiger charge is 2.30. The SMILES string of the molecule is CC1CN(C(=O)CSc2nnc(-c3cccs3)n2-c2ccccc2)CCN1C(=O)c1ccc(-c2ccccc2)cc1. The van der Waals surface area contributed by atoms with Crippen LogP contribution in [0.2, 0.25) is 0 Å². The van der Waals surface area contributed by atoms with Gasteiger partial charge in [0.1, 0.15) is 0 Å². The Morgan fingerprint density at radius 2 is 1.56 bits per heavy atom. The summed E-state index contributed by atoms with van der Waals surface area (Å²) in [6, 6.07) is 31.8. The van der Waals surface area contributed by atoms with Crippen LogP contribution in [0.4, 0.5) is 0 Å². The van der Waals surface area contributed by atoms with Crippen molar-refractivity contribution in [1.29, 1.82) is 0 Å². The molecule has 1 saturated heterocycles. The third kappa shape index (κ3) is 5.82. The van der Waals surface area contributed by atoms with Crippen LogP contribution in [0.15, 0.2) is 108 Å². The summed E-state index contributed by atoms with van der Waals surface area (Å²) in [6.07, 6.45) is 0. The maximum Gasteiger partial charge on any atom is 0.254 e. The number of nitrogens with zero attached hydrogens (tertiary/aromatic N) is 5. The summed E-state index contributed by atoms with van der Waals surface area (Å²) in [5.41, 5.74) is 3.81. The molecule has 5 aromatic rings. The maximum absolute atomic E-state index is 13.3.